The summed E-state index contributed by atoms with van der Waals surface area (Å²) in [4.78, 5) is 33.7. The Bertz CT molecular complexity index is 1280. The van der Waals surface area contributed by atoms with Crippen LogP contribution in [-0.4, -0.2) is 26.3 Å². The molecule has 9 heteroatoms. The van der Waals surface area contributed by atoms with Crippen molar-refractivity contribution >= 4 is 45.8 Å². The van der Waals surface area contributed by atoms with Crippen molar-refractivity contribution in [2.45, 2.75) is 26.8 Å². The lowest BCUT2D eigenvalue weighted by Gasteiger charge is -2.07. The van der Waals surface area contributed by atoms with Crippen molar-refractivity contribution in [3.8, 4) is 10.6 Å². The molecule has 0 spiro atoms. The van der Waals surface area contributed by atoms with E-state index in [4.69, 9.17) is 11.6 Å². The maximum Gasteiger partial charge on any atom is 0.269 e. The average Bonchev–Trinajstić information content (AvgIpc) is 3.34. The van der Waals surface area contributed by atoms with Crippen molar-refractivity contribution in [3.63, 3.8) is 0 Å². The van der Waals surface area contributed by atoms with Gasteiger partial charge >= 0.3 is 0 Å². The van der Waals surface area contributed by atoms with Crippen LogP contribution in [0, 0.1) is 6.92 Å². The topological polar surface area (TPSA) is 88.9 Å². The molecule has 0 saturated carbocycles. The summed E-state index contributed by atoms with van der Waals surface area (Å²) < 4.78 is 2.07. The number of amides is 2. The van der Waals surface area contributed by atoms with Gasteiger partial charge in [0.2, 0.25) is 5.91 Å². The van der Waals surface area contributed by atoms with E-state index in [1.54, 1.807) is 23.6 Å². The number of halogens is 1. The van der Waals surface area contributed by atoms with Crippen molar-refractivity contribution in [2.24, 2.45) is 0 Å². The van der Waals surface area contributed by atoms with E-state index >= 15 is 0 Å². The molecule has 2 heterocycles. The number of fused-ring (bicyclic) bond motifs is 1. The molecule has 0 aliphatic heterocycles. The van der Waals surface area contributed by atoms with E-state index in [9.17, 15) is 9.59 Å². The van der Waals surface area contributed by atoms with Crippen LogP contribution in [0.4, 0.5) is 0 Å². The quantitative estimate of drug-likeness (QED) is 0.444. The molecular formula is C22H20ClN5O2S. The van der Waals surface area contributed by atoms with Gasteiger partial charge in [-0.2, -0.15) is 0 Å². The zero-order valence-electron chi connectivity index (χ0n) is 17.0. The third kappa shape index (κ3) is 4.45. The first-order valence-corrected chi connectivity index (χ1v) is 11.0. The van der Waals surface area contributed by atoms with E-state index in [0.717, 1.165) is 34.0 Å². The minimum Gasteiger partial charge on any atom is -0.329 e. The first kappa shape index (κ1) is 21.0. The number of benzene rings is 2. The first-order chi connectivity index (χ1) is 15.0. The van der Waals surface area contributed by atoms with E-state index in [0.29, 0.717) is 16.3 Å². The van der Waals surface area contributed by atoms with Gasteiger partial charge in [-0.05, 0) is 38.1 Å². The summed E-state index contributed by atoms with van der Waals surface area (Å²) >= 11 is 7.62. The Hall–Kier alpha value is -3.23. The Morgan fingerprint density at radius 2 is 1.94 bits per heavy atom. The predicted octanol–water partition coefficient (Wildman–Crippen LogP) is 4.15. The van der Waals surface area contributed by atoms with Gasteiger partial charge in [0.15, 0.2) is 0 Å². The van der Waals surface area contributed by atoms with E-state index in [2.05, 4.69) is 25.4 Å². The second-order valence-electron chi connectivity index (χ2n) is 6.91. The van der Waals surface area contributed by atoms with Gasteiger partial charge in [-0.25, -0.2) is 9.97 Å². The average molecular weight is 454 g/mol. The van der Waals surface area contributed by atoms with Crippen LogP contribution in [0.15, 0.2) is 47.8 Å². The summed E-state index contributed by atoms with van der Waals surface area (Å²) in [7, 11) is 0. The van der Waals surface area contributed by atoms with Crippen LogP contribution >= 0.6 is 22.9 Å². The highest BCUT2D eigenvalue weighted by atomic mass is 35.5. The molecule has 2 aromatic carbocycles. The van der Waals surface area contributed by atoms with Gasteiger partial charge in [-0.3, -0.25) is 20.4 Å². The van der Waals surface area contributed by atoms with E-state index < -0.39 is 5.91 Å². The fourth-order valence-corrected chi connectivity index (χ4v) is 4.48. The predicted molar refractivity (Wildman–Crippen MR) is 122 cm³/mol. The molecule has 0 radical (unpaired) electrons. The largest absolute Gasteiger partial charge is 0.329 e. The molecule has 2 N–H and O–H groups in total. The highest BCUT2D eigenvalue weighted by molar-refractivity contribution is 7.13. The van der Waals surface area contributed by atoms with Gasteiger partial charge in [-0.1, -0.05) is 29.8 Å². The fourth-order valence-electron chi connectivity index (χ4n) is 3.34. The van der Waals surface area contributed by atoms with Gasteiger partial charge in [-0.15, -0.1) is 11.3 Å². The standard InChI is InChI=1S/C22H20ClN5O2S/c1-3-28-13(2)24-18-10-14(8-9-19(18)28)21(30)27-26-20(29)11-15-12-31-22(25-15)16-6-4-5-7-17(16)23/h4-10,12H,3,11H2,1-2H3,(H,26,29)(H,27,30). The number of nitrogens with zero attached hydrogens (tertiary/aromatic N) is 3. The number of hydrazine groups is 1. The van der Waals surface area contributed by atoms with Crippen LogP contribution in [0.5, 0.6) is 0 Å². The minimum atomic E-state index is -0.408. The van der Waals surface area contributed by atoms with Crippen LogP contribution in [-0.2, 0) is 17.8 Å². The fraction of sp³-hybridized carbons (Fsp3) is 0.182. The molecule has 31 heavy (non-hydrogen) atoms. The summed E-state index contributed by atoms with van der Waals surface area (Å²) in [6.07, 6.45) is 0.0420. The molecule has 7 nitrogen and oxygen atoms in total. The van der Waals surface area contributed by atoms with Crippen LogP contribution in [0.3, 0.4) is 0 Å². The SMILES string of the molecule is CCn1c(C)nc2cc(C(=O)NNC(=O)Cc3csc(-c4ccccc4Cl)n3)ccc21. The van der Waals surface area contributed by atoms with Crippen molar-refractivity contribution < 1.29 is 9.59 Å². The zero-order valence-corrected chi connectivity index (χ0v) is 18.5. The highest BCUT2D eigenvalue weighted by Crippen LogP contribution is 2.30. The normalized spacial score (nSPS) is 10.9. The Kier molecular flexibility index (Phi) is 6.01. The number of carbonyl (C=O) groups excluding carboxylic acids is 2. The number of imidazole rings is 1. The number of nitrogens with one attached hydrogen (secondary N) is 2. The number of carbonyl (C=O) groups is 2. The lowest BCUT2D eigenvalue weighted by atomic mass is 10.2. The number of rotatable bonds is 5. The zero-order chi connectivity index (χ0) is 22.0. The van der Waals surface area contributed by atoms with Gasteiger partial charge in [0, 0.05) is 23.1 Å². The van der Waals surface area contributed by atoms with Crippen molar-refractivity contribution in [1.82, 2.24) is 25.4 Å². The molecule has 0 aliphatic rings. The molecule has 158 valence electrons. The molecule has 2 aromatic heterocycles. The van der Waals surface area contributed by atoms with E-state index in [-0.39, 0.29) is 12.3 Å². The Labute approximate surface area is 188 Å². The maximum atomic E-state index is 12.4. The molecule has 0 aliphatic carbocycles. The molecule has 4 aromatic rings. The lowest BCUT2D eigenvalue weighted by Crippen LogP contribution is -2.42. The van der Waals surface area contributed by atoms with Crippen LogP contribution in [0.2, 0.25) is 5.02 Å². The van der Waals surface area contributed by atoms with Crippen LogP contribution in [0.25, 0.3) is 21.6 Å². The number of hydrogen-bond donors (Lipinski definition) is 2. The molecule has 4 rings (SSSR count). The molecule has 0 atom stereocenters. The van der Waals surface area contributed by atoms with Crippen LogP contribution in [0.1, 0.15) is 28.8 Å². The third-order valence-electron chi connectivity index (χ3n) is 4.83. The number of hydrogen-bond acceptors (Lipinski definition) is 5. The van der Waals surface area contributed by atoms with Gasteiger partial charge < -0.3 is 4.57 Å². The minimum absolute atomic E-state index is 0.0420. The summed E-state index contributed by atoms with van der Waals surface area (Å²) in [6.45, 7) is 4.78. The van der Waals surface area contributed by atoms with Crippen LogP contribution < -0.4 is 10.9 Å². The van der Waals surface area contributed by atoms with E-state index in [1.807, 2.05) is 38.1 Å². The molecule has 0 fully saturated rings. The summed E-state index contributed by atoms with van der Waals surface area (Å²) in [6, 6.07) is 12.7. The number of thiazole rings is 1. The first-order valence-electron chi connectivity index (χ1n) is 9.71. The Morgan fingerprint density at radius 1 is 1.13 bits per heavy atom. The second kappa shape index (κ2) is 8.87. The van der Waals surface area contributed by atoms with Crippen molar-refractivity contribution in [1.29, 1.82) is 0 Å². The molecule has 0 bridgehead atoms. The number of aromatic nitrogens is 3. The monoisotopic (exact) mass is 453 g/mol. The Balaban J connectivity index is 1.37. The summed E-state index contributed by atoms with van der Waals surface area (Å²) in [5.74, 6) is 0.119. The summed E-state index contributed by atoms with van der Waals surface area (Å²) in [5, 5.41) is 3.16. The van der Waals surface area contributed by atoms with Crippen molar-refractivity contribution in [2.75, 3.05) is 0 Å². The second-order valence-corrected chi connectivity index (χ2v) is 8.17. The molecule has 0 unspecified atom stereocenters. The van der Waals surface area contributed by atoms with Gasteiger partial charge in [0.25, 0.3) is 5.91 Å². The maximum absolute atomic E-state index is 12.4. The highest BCUT2D eigenvalue weighted by Gasteiger charge is 2.14. The smallest absolute Gasteiger partial charge is 0.269 e. The molecular weight excluding hydrogens is 434 g/mol. The molecule has 2 amide bonds. The Morgan fingerprint density at radius 3 is 2.71 bits per heavy atom. The number of aryl methyl sites for hydroxylation is 2. The third-order valence-corrected chi connectivity index (χ3v) is 6.08. The summed E-state index contributed by atoms with van der Waals surface area (Å²) in [5.41, 5.74) is 8.45. The molecule has 0 saturated heterocycles. The van der Waals surface area contributed by atoms with E-state index in [1.165, 1.54) is 11.3 Å². The van der Waals surface area contributed by atoms with Gasteiger partial charge in [0.1, 0.15) is 10.8 Å². The van der Waals surface area contributed by atoms with Crippen molar-refractivity contribution in [3.05, 3.63) is 69.9 Å². The lowest BCUT2D eigenvalue weighted by molar-refractivity contribution is -0.121. The van der Waals surface area contributed by atoms with Gasteiger partial charge in [0.05, 0.1) is 28.2 Å².